The number of carbonyl (C=O) groups is 1. The molecule has 0 aliphatic carbocycles. The Morgan fingerprint density at radius 2 is 1.72 bits per heavy atom. The van der Waals surface area contributed by atoms with Gasteiger partial charge in [-0.15, -0.1) is 10.2 Å². The van der Waals surface area contributed by atoms with Crippen molar-refractivity contribution in [3.63, 3.8) is 0 Å². The number of hydrogen-bond donors (Lipinski definition) is 1. The number of hydrogen-bond acceptors (Lipinski definition) is 4. The summed E-state index contributed by atoms with van der Waals surface area (Å²) in [4.78, 5) is 12.2. The SMILES string of the molecule is O=C(CCCCc1nnc(SCc2cccc(F)c2)n1-c1cccc(Cl)c1)NCCc1ccccc1. The van der Waals surface area contributed by atoms with Crippen LogP contribution in [0.2, 0.25) is 5.02 Å². The molecule has 1 heterocycles. The predicted octanol–water partition coefficient (Wildman–Crippen LogP) is 6.42. The quantitative estimate of drug-likeness (QED) is 0.172. The highest BCUT2D eigenvalue weighted by atomic mass is 35.5. The standard InChI is InChI=1S/C28H28ClFN4OS/c29-23-11-7-13-25(19-23)34-26(32-33-28(34)36-20-22-10-6-12-24(30)18-22)14-4-5-15-27(35)31-17-16-21-8-2-1-3-9-21/h1-3,6-13,18-19H,4-5,14-17,20H2,(H,31,35). The van der Waals surface area contributed by atoms with Gasteiger partial charge in [0, 0.05) is 30.2 Å². The summed E-state index contributed by atoms with van der Waals surface area (Å²) >= 11 is 7.75. The van der Waals surface area contributed by atoms with Gasteiger partial charge in [-0.25, -0.2) is 4.39 Å². The van der Waals surface area contributed by atoms with E-state index in [2.05, 4.69) is 27.6 Å². The molecule has 4 aromatic rings. The molecule has 0 saturated carbocycles. The Hall–Kier alpha value is -3.16. The van der Waals surface area contributed by atoms with Crippen molar-refractivity contribution in [1.82, 2.24) is 20.1 Å². The van der Waals surface area contributed by atoms with Crippen LogP contribution in [-0.2, 0) is 23.4 Å². The first-order chi connectivity index (χ1) is 17.6. The molecular formula is C28H28ClFN4OS. The van der Waals surface area contributed by atoms with Gasteiger partial charge in [0.05, 0.1) is 5.69 Å². The maximum atomic E-state index is 13.6. The average molecular weight is 523 g/mol. The van der Waals surface area contributed by atoms with Crippen molar-refractivity contribution < 1.29 is 9.18 Å². The Morgan fingerprint density at radius 1 is 0.917 bits per heavy atom. The van der Waals surface area contributed by atoms with Crippen LogP contribution in [0.3, 0.4) is 0 Å². The molecule has 1 aromatic heterocycles. The lowest BCUT2D eigenvalue weighted by molar-refractivity contribution is -0.121. The zero-order valence-electron chi connectivity index (χ0n) is 19.9. The highest BCUT2D eigenvalue weighted by Gasteiger charge is 2.15. The number of rotatable bonds is 12. The number of aryl methyl sites for hydroxylation is 1. The molecule has 0 unspecified atom stereocenters. The number of benzene rings is 3. The van der Waals surface area contributed by atoms with Crippen LogP contribution in [0.15, 0.2) is 84.0 Å². The second-order valence-electron chi connectivity index (χ2n) is 8.43. The van der Waals surface area contributed by atoms with E-state index in [9.17, 15) is 9.18 Å². The lowest BCUT2D eigenvalue weighted by Gasteiger charge is -2.11. The summed E-state index contributed by atoms with van der Waals surface area (Å²) in [5.41, 5.74) is 2.97. The molecule has 0 bridgehead atoms. The first-order valence-corrected chi connectivity index (χ1v) is 13.3. The molecule has 186 valence electrons. The summed E-state index contributed by atoms with van der Waals surface area (Å²) in [5.74, 6) is 1.19. The van der Waals surface area contributed by atoms with Crippen molar-refractivity contribution in [3.8, 4) is 5.69 Å². The van der Waals surface area contributed by atoms with Gasteiger partial charge in [0.15, 0.2) is 5.16 Å². The van der Waals surface area contributed by atoms with E-state index >= 15 is 0 Å². The second-order valence-corrected chi connectivity index (χ2v) is 9.80. The van der Waals surface area contributed by atoms with Crippen LogP contribution in [0.25, 0.3) is 5.69 Å². The van der Waals surface area contributed by atoms with Gasteiger partial charge < -0.3 is 5.32 Å². The molecule has 0 radical (unpaired) electrons. The van der Waals surface area contributed by atoms with Crippen molar-refractivity contribution in [2.24, 2.45) is 0 Å². The summed E-state index contributed by atoms with van der Waals surface area (Å²) in [7, 11) is 0. The molecule has 36 heavy (non-hydrogen) atoms. The van der Waals surface area contributed by atoms with Crippen LogP contribution < -0.4 is 5.32 Å². The molecule has 8 heteroatoms. The number of nitrogens with zero attached hydrogens (tertiary/aromatic N) is 3. The van der Waals surface area contributed by atoms with E-state index in [4.69, 9.17) is 11.6 Å². The third-order valence-electron chi connectivity index (χ3n) is 5.66. The van der Waals surface area contributed by atoms with E-state index in [0.717, 1.165) is 41.5 Å². The molecule has 1 N–H and O–H groups in total. The summed E-state index contributed by atoms with van der Waals surface area (Å²) in [6.45, 7) is 0.637. The smallest absolute Gasteiger partial charge is 0.220 e. The number of halogens is 2. The van der Waals surface area contributed by atoms with Crippen molar-refractivity contribution >= 4 is 29.3 Å². The topological polar surface area (TPSA) is 59.8 Å². The number of thioether (sulfide) groups is 1. The first kappa shape index (κ1) is 25.9. The van der Waals surface area contributed by atoms with E-state index in [1.54, 1.807) is 6.07 Å². The van der Waals surface area contributed by atoms with Crippen LogP contribution in [0.1, 0.15) is 36.2 Å². The highest BCUT2D eigenvalue weighted by Crippen LogP contribution is 2.27. The van der Waals surface area contributed by atoms with Gasteiger partial charge in [0.1, 0.15) is 11.6 Å². The van der Waals surface area contributed by atoms with Gasteiger partial charge in [-0.1, -0.05) is 71.9 Å². The minimum atomic E-state index is -0.255. The lowest BCUT2D eigenvalue weighted by atomic mass is 10.1. The number of carbonyl (C=O) groups excluding carboxylic acids is 1. The van der Waals surface area contributed by atoms with Gasteiger partial charge in [-0.05, 0) is 60.7 Å². The minimum Gasteiger partial charge on any atom is -0.356 e. The maximum absolute atomic E-state index is 13.6. The lowest BCUT2D eigenvalue weighted by Crippen LogP contribution is -2.25. The van der Waals surface area contributed by atoms with Crippen molar-refractivity contribution in [2.45, 2.75) is 43.0 Å². The third-order valence-corrected chi connectivity index (χ3v) is 6.89. The largest absolute Gasteiger partial charge is 0.356 e. The molecule has 0 spiro atoms. The number of aromatic nitrogens is 3. The van der Waals surface area contributed by atoms with Gasteiger partial charge >= 0.3 is 0 Å². The van der Waals surface area contributed by atoms with Crippen molar-refractivity contribution in [2.75, 3.05) is 6.54 Å². The molecule has 0 atom stereocenters. The van der Waals surface area contributed by atoms with Crippen LogP contribution in [0.4, 0.5) is 4.39 Å². The van der Waals surface area contributed by atoms with Crippen LogP contribution >= 0.6 is 23.4 Å². The van der Waals surface area contributed by atoms with E-state index in [1.165, 1.54) is 29.5 Å². The van der Waals surface area contributed by atoms with Crippen molar-refractivity contribution in [1.29, 1.82) is 0 Å². The van der Waals surface area contributed by atoms with Gasteiger partial charge in [-0.3, -0.25) is 9.36 Å². The molecule has 0 fully saturated rings. The second kappa shape index (κ2) is 13.2. The highest BCUT2D eigenvalue weighted by molar-refractivity contribution is 7.98. The van der Waals surface area contributed by atoms with Crippen LogP contribution in [0, 0.1) is 5.82 Å². The Morgan fingerprint density at radius 3 is 2.53 bits per heavy atom. The zero-order chi connectivity index (χ0) is 25.2. The monoisotopic (exact) mass is 522 g/mol. The Labute approximate surface area is 220 Å². The number of nitrogens with one attached hydrogen (secondary N) is 1. The molecule has 0 aliphatic rings. The first-order valence-electron chi connectivity index (χ1n) is 12.0. The van der Waals surface area contributed by atoms with Crippen LogP contribution in [0.5, 0.6) is 0 Å². The average Bonchev–Trinajstić information content (AvgIpc) is 3.29. The minimum absolute atomic E-state index is 0.0635. The normalized spacial score (nSPS) is 10.9. The fraction of sp³-hybridized carbons (Fsp3) is 0.250. The summed E-state index contributed by atoms with van der Waals surface area (Å²) < 4.78 is 15.6. The Balaban J connectivity index is 1.33. The molecular weight excluding hydrogens is 495 g/mol. The molecule has 0 saturated heterocycles. The maximum Gasteiger partial charge on any atom is 0.220 e. The summed E-state index contributed by atoms with van der Waals surface area (Å²) in [5, 5.41) is 13.2. The summed E-state index contributed by atoms with van der Waals surface area (Å²) in [6.07, 6.45) is 3.54. The fourth-order valence-electron chi connectivity index (χ4n) is 3.85. The van der Waals surface area contributed by atoms with E-state index in [-0.39, 0.29) is 11.7 Å². The molecule has 1 amide bonds. The number of unbranched alkanes of at least 4 members (excludes halogenated alkanes) is 1. The van der Waals surface area contributed by atoms with E-state index in [0.29, 0.717) is 30.2 Å². The van der Waals surface area contributed by atoms with Gasteiger partial charge in [0.25, 0.3) is 0 Å². The van der Waals surface area contributed by atoms with E-state index < -0.39 is 0 Å². The fourth-order valence-corrected chi connectivity index (χ4v) is 4.95. The Kier molecular flexibility index (Phi) is 9.53. The van der Waals surface area contributed by atoms with Gasteiger partial charge in [-0.2, -0.15) is 0 Å². The van der Waals surface area contributed by atoms with Gasteiger partial charge in [0.2, 0.25) is 5.91 Å². The molecule has 3 aromatic carbocycles. The van der Waals surface area contributed by atoms with E-state index in [1.807, 2.05) is 53.1 Å². The zero-order valence-corrected chi connectivity index (χ0v) is 21.4. The molecule has 4 rings (SSSR count). The molecule has 5 nitrogen and oxygen atoms in total. The van der Waals surface area contributed by atoms with Crippen LogP contribution in [-0.4, -0.2) is 27.2 Å². The predicted molar refractivity (Wildman–Crippen MR) is 143 cm³/mol. The third kappa shape index (κ3) is 7.67. The number of amides is 1. The Bertz CT molecular complexity index is 1280. The summed E-state index contributed by atoms with van der Waals surface area (Å²) in [6, 6.07) is 24.2. The van der Waals surface area contributed by atoms with Crippen molar-refractivity contribution in [3.05, 3.63) is 107 Å². The molecule has 0 aliphatic heterocycles.